The smallest absolute Gasteiger partial charge is 0.277 e. The number of benzene rings is 2. The van der Waals surface area contributed by atoms with Gasteiger partial charge in [-0.1, -0.05) is 47.7 Å². The van der Waals surface area contributed by atoms with Crippen molar-refractivity contribution in [2.45, 2.75) is 38.7 Å². The number of thiazole rings is 1. The molecular formula is C23H22N4O2S2. The van der Waals surface area contributed by atoms with Crippen molar-refractivity contribution in [1.29, 1.82) is 0 Å². The summed E-state index contributed by atoms with van der Waals surface area (Å²) in [5.41, 5.74) is 5.93. The van der Waals surface area contributed by atoms with Crippen LogP contribution >= 0.6 is 23.1 Å². The number of thioether (sulfide) groups is 1. The average molecular weight is 451 g/mol. The van der Waals surface area contributed by atoms with E-state index in [2.05, 4.69) is 29.3 Å². The van der Waals surface area contributed by atoms with Gasteiger partial charge < -0.3 is 4.42 Å². The first-order valence-electron chi connectivity index (χ1n) is 9.77. The molecule has 0 radical (unpaired) electrons. The van der Waals surface area contributed by atoms with Gasteiger partial charge in [-0.05, 0) is 44.0 Å². The summed E-state index contributed by atoms with van der Waals surface area (Å²) in [6.45, 7) is 7.67. The highest BCUT2D eigenvalue weighted by Crippen LogP contribution is 2.35. The quantitative estimate of drug-likeness (QED) is 0.331. The van der Waals surface area contributed by atoms with Crippen molar-refractivity contribution in [3.05, 3.63) is 70.2 Å². The van der Waals surface area contributed by atoms with Crippen molar-refractivity contribution in [3.63, 3.8) is 0 Å². The molecule has 0 aliphatic carbocycles. The molecule has 0 saturated heterocycles. The number of nitrogens with zero attached hydrogens (tertiary/aromatic N) is 4. The van der Waals surface area contributed by atoms with Crippen molar-refractivity contribution >= 4 is 39.8 Å². The van der Waals surface area contributed by atoms with Crippen LogP contribution in [0.1, 0.15) is 29.3 Å². The maximum Gasteiger partial charge on any atom is 0.277 e. The maximum atomic E-state index is 12.5. The van der Waals surface area contributed by atoms with Crippen LogP contribution in [0, 0.1) is 20.8 Å². The molecule has 0 bridgehead atoms. The Hall–Kier alpha value is -2.97. The van der Waals surface area contributed by atoms with Crippen LogP contribution in [0.25, 0.3) is 11.5 Å². The van der Waals surface area contributed by atoms with E-state index in [0.717, 1.165) is 28.1 Å². The SMILES string of the molecule is CC(=O)N(c1nc(CSc2nnc(-c3ccccc3)o2)cs1)c1c(C)cc(C)cc1C. The molecule has 158 valence electrons. The third kappa shape index (κ3) is 4.70. The van der Waals surface area contributed by atoms with Crippen LogP contribution < -0.4 is 4.90 Å². The zero-order chi connectivity index (χ0) is 22.0. The fourth-order valence-electron chi connectivity index (χ4n) is 3.48. The molecule has 0 fully saturated rings. The zero-order valence-corrected chi connectivity index (χ0v) is 19.4. The van der Waals surface area contributed by atoms with Gasteiger partial charge in [0.25, 0.3) is 5.22 Å². The van der Waals surface area contributed by atoms with Crippen molar-refractivity contribution in [1.82, 2.24) is 15.2 Å². The van der Waals surface area contributed by atoms with E-state index in [1.807, 2.05) is 49.6 Å². The van der Waals surface area contributed by atoms with Crippen LogP contribution in [0.15, 0.2) is 57.5 Å². The molecule has 0 saturated carbocycles. The van der Waals surface area contributed by atoms with Gasteiger partial charge in [-0.3, -0.25) is 9.69 Å². The summed E-state index contributed by atoms with van der Waals surface area (Å²) in [4.78, 5) is 18.9. The lowest BCUT2D eigenvalue weighted by Gasteiger charge is -2.23. The third-order valence-corrected chi connectivity index (χ3v) is 6.40. The van der Waals surface area contributed by atoms with E-state index in [1.165, 1.54) is 28.7 Å². The summed E-state index contributed by atoms with van der Waals surface area (Å²) in [5.74, 6) is 1.01. The van der Waals surface area contributed by atoms with Gasteiger partial charge in [0.2, 0.25) is 11.8 Å². The lowest BCUT2D eigenvalue weighted by molar-refractivity contribution is -0.115. The van der Waals surface area contributed by atoms with Crippen molar-refractivity contribution < 1.29 is 9.21 Å². The monoisotopic (exact) mass is 450 g/mol. The number of aromatic nitrogens is 3. The average Bonchev–Trinajstić information content (AvgIpc) is 3.39. The minimum Gasteiger partial charge on any atom is -0.411 e. The van der Waals surface area contributed by atoms with Crippen LogP contribution in [0.2, 0.25) is 0 Å². The molecule has 0 aliphatic rings. The minimum atomic E-state index is -0.0620. The third-order valence-electron chi connectivity index (χ3n) is 4.68. The predicted octanol–water partition coefficient (Wildman–Crippen LogP) is 6.10. The van der Waals surface area contributed by atoms with Crippen molar-refractivity contribution in [3.8, 4) is 11.5 Å². The summed E-state index contributed by atoms with van der Waals surface area (Å²) in [5, 5.41) is 11.3. The highest BCUT2D eigenvalue weighted by Gasteiger charge is 2.22. The van der Waals surface area contributed by atoms with Crippen LogP contribution in [0.5, 0.6) is 0 Å². The Labute approximate surface area is 189 Å². The molecule has 2 heterocycles. The van der Waals surface area contributed by atoms with E-state index in [1.54, 1.807) is 11.8 Å². The van der Waals surface area contributed by atoms with E-state index < -0.39 is 0 Å². The number of aryl methyl sites for hydroxylation is 3. The highest BCUT2D eigenvalue weighted by molar-refractivity contribution is 7.98. The molecule has 2 aromatic heterocycles. The molecule has 4 rings (SSSR count). The van der Waals surface area contributed by atoms with Crippen molar-refractivity contribution in [2.24, 2.45) is 0 Å². The van der Waals surface area contributed by atoms with E-state index in [4.69, 9.17) is 9.40 Å². The molecule has 6 nitrogen and oxygen atoms in total. The second kappa shape index (κ2) is 9.03. The summed E-state index contributed by atoms with van der Waals surface area (Å²) >= 11 is 2.88. The van der Waals surface area contributed by atoms with Crippen LogP contribution in [0.3, 0.4) is 0 Å². The topological polar surface area (TPSA) is 72.1 Å². The molecule has 0 spiro atoms. The van der Waals surface area contributed by atoms with E-state index in [0.29, 0.717) is 22.0 Å². The molecule has 2 aromatic carbocycles. The first kappa shape index (κ1) is 21.3. The first-order chi connectivity index (χ1) is 14.9. The minimum absolute atomic E-state index is 0.0620. The summed E-state index contributed by atoms with van der Waals surface area (Å²) in [6, 6.07) is 13.8. The molecular weight excluding hydrogens is 428 g/mol. The van der Waals surface area contributed by atoms with Gasteiger partial charge in [-0.25, -0.2) is 4.98 Å². The summed E-state index contributed by atoms with van der Waals surface area (Å²) < 4.78 is 5.75. The lowest BCUT2D eigenvalue weighted by atomic mass is 10.0. The Kier molecular flexibility index (Phi) is 6.20. The predicted molar refractivity (Wildman–Crippen MR) is 125 cm³/mol. The second-order valence-electron chi connectivity index (χ2n) is 7.25. The Balaban J connectivity index is 1.51. The molecule has 31 heavy (non-hydrogen) atoms. The molecule has 0 unspecified atom stereocenters. The van der Waals surface area contributed by atoms with Gasteiger partial charge >= 0.3 is 0 Å². The largest absolute Gasteiger partial charge is 0.411 e. The van der Waals surface area contributed by atoms with Crippen LogP contribution in [0.4, 0.5) is 10.8 Å². The van der Waals surface area contributed by atoms with Gasteiger partial charge in [0.1, 0.15) is 0 Å². The fourth-order valence-corrected chi connectivity index (χ4v) is 5.11. The lowest BCUT2D eigenvalue weighted by Crippen LogP contribution is -2.24. The standard InChI is InChI=1S/C23H22N4O2S2/c1-14-10-15(2)20(16(3)11-14)27(17(4)28)22-24-19(12-30-22)13-31-23-26-25-21(29-23)18-8-6-5-7-9-18/h5-12H,13H2,1-4H3. The number of carbonyl (C=O) groups is 1. The van der Waals surface area contributed by atoms with Crippen LogP contribution in [-0.4, -0.2) is 21.1 Å². The van der Waals surface area contributed by atoms with E-state index in [9.17, 15) is 4.79 Å². The van der Waals surface area contributed by atoms with Gasteiger partial charge in [0.05, 0.1) is 11.4 Å². The first-order valence-corrected chi connectivity index (χ1v) is 11.6. The zero-order valence-electron chi connectivity index (χ0n) is 17.7. The number of carbonyl (C=O) groups excluding carboxylic acids is 1. The number of hydrogen-bond donors (Lipinski definition) is 0. The Bertz CT molecular complexity index is 1190. The summed E-state index contributed by atoms with van der Waals surface area (Å²) in [6.07, 6.45) is 0. The molecule has 0 aliphatic heterocycles. The van der Waals surface area contributed by atoms with E-state index >= 15 is 0 Å². The number of rotatable bonds is 6. The molecule has 4 aromatic rings. The van der Waals surface area contributed by atoms with Crippen LogP contribution in [-0.2, 0) is 10.5 Å². The fraction of sp³-hybridized carbons (Fsp3) is 0.217. The summed E-state index contributed by atoms with van der Waals surface area (Å²) in [7, 11) is 0. The van der Waals surface area contributed by atoms with Gasteiger partial charge in [-0.2, -0.15) is 0 Å². The van der Waals surface area contributed by atoms with Gasteiger partial charge in [-0.15, -0.1) is 21.5 Å². The Morgan fingerprint density at radius 2 is 1.81 bits per heavy atom. The molecule has 1 amide bonds. The normalized spacial score (nSPS) is 11.0. The number of anilines is 2. The number of hydrogen-bond acceptors (Lipinski definition) is 7. The highest BCUT2D eigenvalue weighted by atomic mass is 32.2. The second-order valence-corrected chi connectivity index (χ2v) is 9.01. The Morgan fingerprint density at radius 1 is 1.10 bits per heavy atom. The molecule has 0 atom stereocenters. The van der Waals surface area contributed by atoms with Gasteiger partial charge in [0, 0.05) is 23.6 Å². The maximum absolute atomic E-state index is 12.5. The Morgan fingerprint density at radius 3 is 2.48 bits per heavy atom. The molecule has 8 heteroatoms. The van der Waals surface area contributed by atoms with Crippen molar-refractivity contribution in [2.75, 3.05) is 4.90 Å². The number of amides is 1. The molecule has 0 N–H and O–H groups in total. The van der Waals surface area contributed by atoms with E-state index in [-0.39, 0.29) is 5.91 Å². The van der Waals surface area contributed by atoms with Gasteiger partial charge in [0.15, 0.2) is 5.13 Å².